The van der Waals surface area contributed by atoms with E-state index in [-0.39, 0.29) is 0 Å². The molecule has 0 aliphatic carbocycles. The van der Waals surface area contributed by atoms with Gasteiger partial charge in [0.15, 0.2) is 0 Å². The third-order valence-electron chi connectivity index (χ3n) is 1.58. The van der Waals surface area contributed by atoms with Gasteiger partial charge in [-0.05, 0) is 29.9 Å². The molecule has 0 N–H and O–H groups in total. The van der Waals surface area contributed by atoms with Gasteiger partial charge < -0.3 is 0 Å². The zero-order valence-corrected chi connectivity index (χ0v) is 14.7. The summed E-state index contributed by atoms with van der Waals surface area (Å²) in [4.78, 5) is 0. The molecular formula is C12H28S4. The minimum absolute atomic E-state index is 0.796. The summed E-state index contributed by atoms with van der Waals surface area (Å²) >= 11 is 8.09. The third-order valence-corrected chi connectivity index (χ3v) is 6.07. The van der Waals surface area contributed by atoms with E-state index in [4.69, 9.17) is 0 Å². The maximum Gasteiger partial charge on any atom is 0.0474 e. The van der Waals surface area contributed by atoms with Crippen molar-refractivity contribution in [1.82, 2.24) is 0 Å². The van der Waals surface area contributed by atoms with Crippen LogP contribution in [0, 0.1) is 0 Å². The molecule has 0 spiro atoms. The fourth-order valence-electron chi connectivity index (χ4n) is 0.924. The predicted molar refractivity (Wildman–Crippen MR) is 91.7 cm³/mol. The molecule has 0 heterocycles. The lowest BCUT2D eigenvalue weighted by molar-refractivity contribution is 1.37. The molecule has 0 aromatic carbocycles. The number of rotatable bonds is 9. The molecule has 0 atom stereocenters. The third kappa shape index (κ3) is 20.8. The summed E-state index contributed by atoms with van der Waals surface area (Å²) < 4.78 is 0.796. The van der Waals surface area contributed by atoms with Gasteiger partial charge in [0.2, 0.25) is 0 Å². The maximum atomic E-state index is 2.27. The Morgan fingerprint density at radius 2 is 1.06 bits per heavy atom. The van der Waals surface area contributed by atoms with Gasteiger partial charge in [0.25, 0.3) is 0 Å². The van der Waals surface area contributed by atoms with E-state index in [1.807, 2.05) is 47.0 Å². The van der Waals surface area contributed by atoms with Gasteiger partial charge in [0, 0.05) is 16.1 Å². The first-order valence-corrected chi connectivity index (χ1v) is 10.5. The van der Waals surface area contributed by atoms with Crippen molar-refractivity contribution in [1.29, 1.82) is 0 Å². The van der Waals surface area contributed by atoms with Crippen LogP contribution in [0.3, 0.4) is 0 Å². The summed E-state index contributed by atoms with van der Waals surface area (Å²) in [6.45, 7) is 11.1. The van der Waals surface area contributed by atoms with Gasteiger partial charge in [-0.1, -0.05) is 27.7 Å². The highest BCUT2D eigenvalue weighted by Crippen LogP contribution is 2.21. The van der Waals surface area contributed by atoms with Crippen molar-refractivity contribution in [2.24, 2.45) is 0 Å². The zero-order valence-electron chi connectivity index (χ0n) is 11.5. The normalized spacial score (nSPS) is 10.1. The summed E-state index contributed by atoms with van der Waals surface area (Å²) in [5, 5.41) is 0. The number of hydrogen-bond acceptors (Lipinski definition) is 4. The van der Waals surface area contributed by atoms with Crippen LogP contribution in [0.25, 0.3) is 0 Å². The molecular weight excluding hydrogens is 272 g/mol. The van der Waals surface area contributed by atoms with Crippen molar-refractivity contribution in [3.05, 3.63) is 0 Å². The molecule has 0 unspecified atom stereocenters. The Kier molecular flexibility index (Phi) is 23.1. The van der Waals surface area contributed by atoms with Crippen molar-refractivity contribution in [2.45, 2.75) is 39.2 Å². The molecule has 0 amide bonds. The molecule has 0 radical (unpaired) electrons. The molecule has 4 heteroatoms. The van der Waals surface area contributed by atoms with Crippen LogP contribution >= 0.6 is 47.0 Å². The number of thioether (sulfide) groups is 4. The molecule has 100 valence electrons. The Hall–Kier alpha value is 1.40. The second-order valence-electron chi connectivity index (χ2n) is 2.87. The second kappa shape index (κ2) is 18.8. The van der Waals surface area contributed by atoms with Crippen LogP contribution < -0.4 is 0 Å². The molecule has 0 aromatic rings. The van der Waals surface area contributed by atoms with Crippen LogP contribution in [0.1, 0.15) is 34.6 Å². The molecule has 0 nitrogen and oxygen atoms in total. The minimum atomic E-state index is 0.796. The highest BCUT2D eigenvalue weighted by atomic mass is 32.2. The van der Waals surface area contributed by atoms with Crippen LogP contribution in [0.15, 0.2) is 0 Å². The highest BCUT2D eigenvalue weighted by Gasteiger charge is 1.96. The van der Waals surface area contributed by atoms with Gasteiger partial charge in [0.05, 0.1) is 0 Å². The Bertz CT molecular complexity index is 97.2. The zero-order chi connectivity index (χ0) is 12.6. The largest absolute Gasteiger partial charge is 0.161 e. The summed E-state index contributed by atoms with van der Waals surface area (Å²) in [6.07, 6.45) is 0. The fraction of sp³-hybridized carbons (Fsp3) is 1.00. The smallest absolute Gasteiger partial charge is 0.0474 e. The van der Waals surface area contributed by atoms with Crippen LogP contribution in [-0.2, 0) is 0 Å². The van der Waals surface area contributed by atoms with Gasteiger partial charge in [-0.15, -0.1) is 23.5 Å². The van der Waals surface area contributed by atoms with Gasteiger partial charge >= 0.3 is 0 Å². The number of hydrogen-bond donors (Lipinski definition) is 0. The van der Waals surface area contributed by atoms with Crippen LogP contribution in [0.5, 0.6) is 0 Å². The SMILES string of the molecule is CCSC(C)SCC.CCSCCSCC. The van der Waals surface area contributed by atoms with E-state index in [0.29, 0.717) is 0 Å². The molecule has 0 saturated carbocycles. The molecule has 16 heavy (non-hydrogen) atoms. The first-order valence-electron chi connectivity index (χ1n) is 6.11. The lowest BCUT2D eigenvalue weighted by atomic mass is 10.9. The first-order chi connectivity index (χ1) is 7.72. The van der Waals surface area contributed by atoms with Crippen molar-refractivity contribution in [3.8, 4) is 0 Å². The second-order valence-corrected chi connectivity index (χ2v) is 9.19. The Labute approximate surface area is 120 Å². The van der Waals surface area contributed by atoms with E-state index in [0.717, 1.165) is 4.58 Å². The van der Waals surface area contributed by atoms with Crippen LogP contribution in [0.2, 0.25) is 0 Å². The standard InChI is InChI=1S/2C6H14S2/c1-4-7-6(3)8-5-2;1-3-7-5-6-8-4-2/h6H,4-5H2,1-3H3;3-6H2,1-2H3. The van der Waals surface area contributed by atoms with Crippen molar-refractivity contribution < 1.29 is 0 Å². The fourth-order valence-corrected chi connectivity index (χ4v) is 4.58. The molecule has 0 aromatic heterocycles. The van der Waals surface area contributed by atoms with Crippen molar-refractivity contribution in [3.63, 3.8) is 0 Å². The van der Waals surface area contributed by atoms with Crippen LogP contribution in [-0.4, -0.2) is 39.1 Å². The molecule has 0 aliphatic rings. The molecule has 0 bridgehead atoms. The van der Waals surface area contributed by atoms with Crippen LogP contribution in [0.4, 0.5) is 0 Å². The van der Waals surface area contributed by atoms with Gasteiger partial charge in [-0.2, -0.15) is 23.5 Å². The van der Waals surface area contributed by atoms with E-state index in [2.05, 4.69) is 34.6 Å². The quantitative estimate of drug-likeness (QED) is 0.416. The van der Waals surface area contributed by atoms with Crippen molar-refractivity contribution in [2.75, 3.05) is 34.5 Å². The average Bonchev–Trinajstić information content (AvgIpc) is 2.26. The maximum absolute atomic E-state index is 2.27. The molecule has 0 saturated heterocycles. The minimum Gasteiger partial charge on any atom is -0.161 e. The Morgan fingerprint density at radius 3 is 1.31 bits per heavy atom. The van der Waals surface area contributed by atoms with Gasteiger partial charge in [0.1, 0.15) is 0 Å². The first kappa shape index (κ1) is 19.7. The lowest BCUT2D eigenvalue weighted by Gasteiger charge is -2.05. The summed E-state index contributed by atoms with van der Waals surface area (Å²) in [5.74, 6) is 7.68. The van der Waals surface area contributed by atoms with E-state index < -0.39 is 0 Å². The molecule has 0 rings (SSSR count). The summed E-state index contributed by atoms with van der Waals surface area (Å²) in [7, 11) is 0. The monoisotopic (exact) mass is 300 g/mol. The molecule has 0 fully saturated rings. The topological polar surface area (TPSA) is 0 Å². The predicted octanol–water partition coefficient (Wildman–Crippen LogP) is 5.33. The van der Waals surface area contributed by atoms with E-state index in [1.54, 1.807) is 0 Å². The highest BCUT2D eigenvalue weighted by molar-refractivity contribution is 8.16. The summed E-state index contributed by atoms with van der Waals surface area (Å²) in [6, 6.07) is 0. The Morgan fingerprint density at radius 1 is 0.688 bits per heavy atom. The van der Waals surface area contributed by atoms with E-state index in [9.17, 15) is 0 Å². The van der Waals surface area contributed by atoms with E-state index in [1.165, 1.54) is 34.5 Å². The van der Waals surface area contributed by atoms with E-state index >= 15 is 0 Å². The average molecular weight is 301 g/mol. The van der Waals surface area contributed by atoms with Gasteiger partial charge in [-0.3, -0.25) is 0 Å². The van der Waals surface area contributed by atoms with Gasteiger partial charge in [-0.25, -0.2) is 0 Å². The Balaban J connectivity index is 0. The molecule has 0 aliphatic heterocycles. The lowest BCUT2D eigenvalue weighted by Crippen LogP contribution is -1.88. The van der Waals surface area contributed by atoms with Crippen molar-refractivity contribution >= 4 is 47.0 Å². The summed E-state index contributed by atoms with van der Waals surface area (Å²) in [5.41, 5.74) is 0.